The molecule has 0 saturated heterocycles. The Balaban J connectivity index is 2.23. The lowest BCUT2D eigenvalue weighted by atomic mass is 10.2. The second-order valence-electron chi connectivity index (χ2n) is 7.98. The number of amides is 1. The predicted molar refractivity (Wildman–Crippen MR) is 121 cm³/mol. The Morgan fingerprint density at radius 3 is 2.23 bits per heavy atom. The molecule has 0 bridgehead atoms. The van der Waals surface area contributed by atoms with Gasteiger partial charge < -0.3 is 9.64 Å². The summed E-state index contributed by atoms with van der Waals surface area (Å²) in [7, 11) is -3.92. The molecule has 0 spiro atoms. The van der Waals surface area contributed by atoms with Gasteiger partial charge in [-0.1, -0.05) is 24.3 Å². The SMILES string of the molecule is Cc1ccc(C)c(S(=O)(=O)Nc2ccccc2C(=O)OCC(=O)N(C(C)C)C(C)C)c1. The average Bonchev–Trinajstić information content (AvgIpc) is 2.67. The number of nitrogens with one attached hydrogen (secondary N) is 1. The zero-order valence-electron chi connectivity index (χ0n) is 18.8. The largest absolute Gasteiger partial charge is 0.452 e. The Hall–Kier alpha value is -2.87. The third kappa shape index (κ3) is 6.07. The zero-order valence-corrected chi connectivity index (χ0v) is 19.6. The molecule has 2 aromatic carbocycles. The second kappa shape index (κ2) is 9.96. The summed E-state index contributed by atoms with van der Waals surface area (Å²) in [5, 5.41) is 0. The standard InChI is InChI=1S/C23H30N2O5S/c1-15(2)25(16(3)4)22(26)14-30-23(27)19-9-7-8-10-20(19)24-31(28,29)21-13-17(5)11-12-18(21)6/h7-13,15-16,24H,14H2,1-6H3. The van der Waals surface area contributed by atoms with Crippen molar-refractivity contribution in [3.05, 3.63) is 59.2 Å². The summed E-state index contributed by atoms with van der Waals surface area (Å²) in [6, 6.07) is 11.2. The van der Waals surface area contributed by atoms with E-state index >= 15 is 0 Å². The smallest absolute Gasteiger partial charge is 0.340 e. The molecular weight excluding hydrogens is 416 g/mol. The van der Waals surface area contributed by atoms with Crippen LogP contribution in [0.2, 0.25) is 0 Å². The van der Waals surface area contributed by atoms with Crippen molar-refractivity contribution >= 4 is 27.6 Å². The number of benzene rings is 2. The summed E-state index contributed by atoms with van der Waals surface area (Å²) in [5.74, 6) is -1.09. The molecule has 1 amide bonds. The van der Waals surface area contributed by atoms with E-state index in [1.165, 1.54) is 12.1 Å². The van der Waals surface area contributed by atoms with Crippen LogP contribution >= 0.6 is 0 Å². The van der Waals surface area contributed by atoms with Crippen LogP contribution in [0.1, 0.15) is 49.2 Å². The van der Waals surface area contributed by atoms with E-state index in [9.17, 15) is 18.0 Å². The molecule has 7 nitrogen and oxygen atoms in total. The highest BCUT2D eigenvalue weighted by atomic mass is 32.2. The van der Waals surface area contributed by atoms with Crippen LogP contribution in [0.4, 0.5) is 5.69 Å². The molecule has 0 unspecified atom stereocenters. The van der Waals surface area contributed by atoms with Gasteiger partial charge in [0.25, 0.3) is 15.9 Å². The highest BCUT2D eigenvalue weighted by Crippen LogP contribution is 2.23. The number of carbonyl (C=O) groups is 2. The van der Waals surface area contributed by atoms with E-state index in [1.54, 1.807) is 43.0 Å². The fourth-order valence-electron chi connectivity index (χ4n) is 3.40. The van der Waals surface area contributed by atoms with Crippen molar-refractivity contribution in [3.8, 4) is 0 Å². The number of nitrogens with zero attached hydrogens (tertiary/aromatic N) is 1. The van der Waals surface area contributed by atoms with E-state index in [1.807, 2.05) is 33.8 Å². The number of aryl methyl sites for hydroxylation is 2. The van der Waals surface area contributed by atoms with Gasteiger partial charge in [-0.25, -0.2) is 13.2 Å². The molecule has 31 heavy (non-hydrogen) atoms. The van der Waals surface area contributed by atoms with Gasteiger partial charge in [-0.2, -0.15) is 0 Å². The van der Waals surface area contributed by atoms with Crippen LogP contribution in [-0.2, 0) is 19.6 Å². The van der Waals surface area contributed by atoms with Crippen molar-refractivity contribution in [2.45, 2.75) is 58.5 Å². The number of ether oxygens (including phenoxy) is 1. The van der Waals surface area contributed by atoms with Gasteiger partial charge in [0.15, 0.2) is 6.61 Å². The molecule has 0 aliphatic heterocycles. The Labute approximate surface area is 184 Å². The van der Waals surface area contributed by atoms with E-state index in [0.717, 1.165) is 5.56 Å². The zero-order chi connectivity index (χ0) is 23.3. The molecule has 1 N–H and O–H groups in total. The fourth-order valence-corrected chi connectivity index (χ4v) is 4.81. The van der Waals surface area contributed by atoms with Crippen LogP contribution in [0.25, 0.3) is 0 Å². The topological polar surface area (TPSA) is 92.8 Å². The van der Waals surface area contributed by atoms with Crippen molar-refractivity contribution in [1.82, 2.24) is 4.90 Å². The first-order valence-corrected chi connectivity index (χ1v) is 11.6. The van der Waals surface area contributed by atoms with Gasteiger partial charge in [0, 0.05) is 12.1 Å². The van der Waals surface area contributed by atoms with Crippen LogP contribution < -0.4 is 4.72 Å². The first-order valence-electron chi connectivity index (χ1n) is 10.1. The summed E-state index contributed by atoms with van der Waals surface area (Å²) in [6.07, 6.45) is 0. The van der Waals surface area contributed by atoms with E-state index in [2.05, 4.69) is 4.72 Å². The van der Waals surface area contributed by atoms with Gasteiger partial charge in [-0.15, -0.1) is 0 Å². The summed E-state index contributed by atoms with van der Waals surface area (Å²) in [6.45, 7) is 10.6. The van der Waals surface area contributed by atoms with Gasteiger partial charge in [0.05, 0.1) is 16.1 Å². The highest BCUT2D eigenvalue weighted by Gasteiger charge is 2.24. The van der Waals surface area contributed by atoms with Crippen LogP contribution in [0.5, 0.6) is 0 Å². The van der Waals surface area contributed by atoms with Crippen molar-refractivity contribution in [2.24, 2.45) is 0 Å². The van der Waals surface area contributed by atoms with Gasteiger partial charge in [-0.05, 0) is 70.9 Å². The number of hydrogen-bond donors (Lipinski definition) is 1. The second-order valence-corrected chi connectivity index (χ2v) is 9.64. The maximum Gasteiger partial charge on any atom is 0.340 e. The first-order chi connectivity index (χ1) is 14.4. The lowest BCUT2D eigenvalue weighted by Crippen LogP contribution is -2.44. The van der Waals surface area contributed by atoms with Gasteiger partial charge in [0.1, 0.15) is 0 Å². The van der Waals surface area contributed by atoms with Gasteiger partial charge in [-0.3, -0.25) is 9.52 Å². The number of carbonyl (C=O) groups excluding carboxylic acids is 2. The summed E-state index contributed by atoms with van der Waals surface area (Å²) in [5.41, 5.74) is 1.51. The van der Waals surface area contributed by atoms with Crippen LogP contribution in [-0.4, -0.2) is 43.9 Å². The number of para-hydroxylation sites is 1. The molecule has 168 valence electrons. The lowest BCUT2D eigenvalue weighted by Gasteiger charge is -2.30. The number of esters is 1. The van der Waals surface area contributed by atoms with Gasteiger partial charge >= 0.3 is 5.97 Å². The van der Waals surface area contributed by atoms with Crippen molar-refractivity contribution in [1.29, 1.82) is 0 Å². The minimum atomic E-state index is -3.92. The van der Waals surface area contributed by atoms with Crippen molar-refractivity contribution < 1.29 is 22.7 Å². The third-order valence-corrected chi connectivity index (χ3v) is 6.26. The van der Waals surface area contributed by atoms with Crippen LogP contribution in [0.3, 0.4) is 0 Å². The van der Waals surface area contributed by atoms with Crippen molar-refractivity contribution in [2.75, 3.05) is 11.3 Å². The Kier molecular flexibility index (Phi) is 7.84. The van der Waals surface area contributed by atoms with Crippen molar-refractivity contribution in [3.63, 3.8) is 0 Å². The van der Waals surface area contributed by atoms with E-state index in [0.29, 0.717) is 5.56 Å². The molecule has 8 heteroatoms. The summed E-state index contributed by atoms with van der Waals surface area (Å²) < 4.78 is 33.5. The van der Waals surface area contributed by atoms with E-state index in [4.69, 9.17) is 4.74 Å². The molecule has 0 aliphatic carbocycles. The molecule has 0 fully saturated rings. The monoisotopic (exact) mass is 446 g/mol. The van der Waals surface area contributed by atoms with Gasteiger partial charge in [0.2, 0.25) is 0 Å². The maximum atomic E-state index is 12.9. The predicted octanol–water partition coefficient (Wildman–Crippen LogP) is 3.91. The van der Waals surface area contributed by atoms with Crippen LogP contribution in [0.15, 0.2) is 47.4 Å². The minimum absolute atomic E-state index is 0.0322. The maximum absolute atomic E-state index is 12.9. The normalized spacial score (nSPS) is 11.5. The van der Waals surface area contributed by atoms with Crippen LogP contribution in [0, 0.1) is 13.8 Å². The van der Waals surface area contributed by atoms with E-state index < -0.39 is 22.6 Å². The third-order valence-electron chi connectivity index (χ3n) is 4.75. The lowest BCUT2D eigenvalue weighted by molar-refractivity contribution is -0.138. The molecular formula is C23H30N2O5S. The number of sulfonamides is 1. The molecule has 2 aromatic rings. The Morgan fingerprint density at radius 2 is 1.61 bits per heavy atom. The highest BCUT2D eigenvalue weighted by molar-refractivity contribution is 7.92. The molecule has 0 radical (unpaired) electrons. The minimum Gasteiger partial charge on any atom is -0.452 e. The fraction of sp³-hybridized carbons (Fsp3) is 0.391. The molecule has 2 rings (SSSR count). The summed E-state index contributed by atoms with van der Waals surface area (Å²) in [4.78, 5) is 26.9. The molecule has 0 heterocycles. The number of anilines is 1. The summed E-state index contributed by atoms with van der Waals surface area (Å²) >= 11 is 0. The first kappa shape index (κ1) is 24.4. The number of hydrogen-bond acceptors (Lipinski definition) is 5. The molecule has 0 aromatic heterocycles. The quantitative estimate of drug-likeness (QED) is 0.621. The Morgan fingerprint density at radius 1 is 1.00 bits per heavy atom. The Bertz CT molecular complexity index is 1050. The molecule has 0 aliphatic rings. The average molecular weight is 447 g/mol. The molecule has 0 saturated carbocycles. The molecule has 0 atom stereocenters. The van der Waals surface area contributed by atoms with E-state index in [-0.39, 0.29) is 34.1 Å². The number of rotatable bonds is 8.